The van der Waals surface area contributed by atoms with E-state index in [1.807, 2.05) is 41.5 Å². The second-order valence-electron chi connectivity index (χ2n) is 6.30. The van der Waals surface area contributed by atoms with Gasteiger partial charge in [0.05, 0.1) is 0 Å². The Morgan fingerprint density at radius 2 is 0.808 bits per heavy atom. The van der Waals surface area contributed by atoms with Crippen LogP contribution in [-0.2, 0) is 29.7 Å². The highest BCUT2D eigenvalue weighted by Gasteiger charge is 2.63. The molecular weight excluding hydrogens is 405 g/mol. The van der Waals surface area contributed by atoms with Crippen LogP contribution in [0.3, 0.4) is 0 Å². The lowest BCUT2D eigenvalue weighted by atomic mass is 10.9. The van der Waals surface area contributed by atoms with Crippen molar-refractivity contribution in [2.45, 2.75) is 79.2 Å². The first kappa shape index (κ1) is 24.6. The molecule has 2 unspecified atom stereocenters. The first-order valence-electron chi connectivity index (χ1n) is 9.98. The lowest BCUT2D eigenvalue weighted by Gasteiger charge is -2.49. The Morgan fingerprint density at radius 3 is 1.04 bits per heavy atom. The van der Waals surface area contributed by atoms with Crippen molar-refractivity contribution in [1.29, 1.82) is 0 Å². The standard InChI is InChI=1S/C15H38O7Si4/c1-9-16-24(13-5)19-23(8,12-4)20-25(14-6,17-10-2)22-26(15-7,21-24)18-11-3/h9-15H2,1-8H3. The Bertz CT molecular complexity index is 405. The monoisotopic (exact) mass is 442 g/mol. The van der Waals surface area contributed by atoms with Gasteiger partial charge in [0.1, 0.15) is 0 Å². The SMILES string of the molecule is CCO[Si]1(CC)O[Si](C)(CC)O[Si](CC)(OCC)O[Si](CC)(OCC)O1. The molecule has 2 atom stereocenters. The van der Waals surface area contributed by atoms with Crippen molar-refractivity contribution in [3.05, 3.63) is 0 Å². The van der Waals surface area contributed by atoms with E-state index in [4.69, 9.17) is 29.7 Å². The number of hydrogen-bond donors (Lipinski definition) is 0. The van der Waals surface area contributed by atoms with Crippen LogP contribution in [0.4, 0.5) is 0 Å². The molecule has 11 heteroatoms. The minimum absolute atomic E-state index is 0.503. The number of rotatable bonds is 10. The van der Waals surface area contributed by atoms with E-state index in [-0.39, 0.29) is 0 Å². The highest BCUT2D eigenvalue weighted by Crippen LogP contribution is 2.38. The summed E-state index contributed by atoms with van der Waals surface area (Å²) in [6.45, 7) is 17.7. The van der Waals surface area contributed by atoms with Gasteiger partial charge < -0.3 is 29.7 Å². The average molecular weight is 443 g/mol. The highest BCUT2D eigenvalue weighted by atomic mass is 28.5. The second kappa shape index (κ2) is 10.4. The first-order chi connectivity index (χ1) is 12.3. The van der Waals surface area contributed by atoms with Gasteiger partial charge >= 0.3 is 35.0 Å². The molecule has 0 amide bonds. The van der Waals surface area contributed by atoms with Crippen molar-refractivity contribution in [1.82, 2.24) is 0 Å². The summed E-state index contributed by atoms with van der Waals surface area (Å²) in [6.07, 6.45) is 0. The summed E-state index contributed by atoms with van der Waals surface area (Å²) >= 11 is 0. The maximum atomic E-state index is 6.65. The van der Waals surface area contributed by atoms with Crippen LogP contribution in [0.2, 0.25) is 30.7 Å². The van der Waals surface area contributed by atoms with Gasteiger partial charge in [-0.15, -0.1) is 0 Å². The Hall–Kier alpha value is 0.588. The molecule has 0 radical (unpaired) electrons. The lowest BCUT2D eigenvalue weighted by molar-refractivity contribution is 0.0461. The molecule has 1 aliphatic heterocycles. The zero-order chi connectivity index (χ0) is 19.9. The van der Waals surface area contributed by atoms with Crippen LogP contribution < -0.4 is 0 Å². The van der Waals surface area contributed by atoms with Crippen LogP contribution >= 0.6 is 0 Å². The molecule has 7 nitrogen and oxygen atoms in total. The Morgan fingerprint density at radius 1 is 0.500 bits per heavy atom. The van der Waals surface area contributed by atoms with Crippen molar-refractivity contribution in [2.75, 3.05) is 19.8 Å². The third-order valence-electron chi connectivity index (χ3n) is 4.40. The summed E-state index contributed by atoms with van der Waals surface area (Å²) in [5.74, 6) is 0. The quantitative estimate of drug-likeness (QED) is 0.471. The molecule has 26 heavy (non-hydrogen) atoms. The molecular formula is C15H38O7Si4. The summed E-state index contributed by atoms with van der Waals surface area (Å²) < 4.78 is 45.0. The van der Waals surface area contributed by atoms with E-state index in [1.54, 1.807) is 0 Å². The topological polar surface area (TPSA) is 64.6 Å². The fourth-order valence-corrected chi connectivity index (χ4v) is 22.1. The summed E-state index contributed by atoms with van der Waals surface area (Å²) in [5, 5.41) is 0. The summed E-state index contributed by atoms with van der Waals surface area (Å²) in [6, 6.07) is 2.72. The van der Waals surface area contributed by atoms with E-state index < -0.39 is 35.0 Å². The van der Waals surface area contributed by atoms with E-state index in [0.717, 1.165) is 6.04 Å². The molecule has 0 spiro atoms. The van der Waals surface area contributed by atoms with Crippen LogP contribution in [-0.4, -0.2) is 54.8 Å². The van der Waals surface area contributed by atoms with Crippen molar-refractivity contribution in [3.8, 4) is 0 Å². The molecule has 1 aliphatic rings. The van der Waals surface area contributed by atoms with Crippen LogP contribution in [0.5, 0.6) is 0 Å². The smallest absolute Gasteiger partial charge is 0.394 e. The normalized spacial score (nSPS) is 38.8. The van der Waals surface area contributed by atoms with Gasteiger partial charge in [0.15, 0.2) is 0 Å². The predicted octanol–water partition coefficient (Wildman–Crippen LogP) is 4.14. The van der Waals surface area contributed by atoms with Gasteiger partial charge in [0.2, 0.25) is 0 Å². The Labute approximate surface area is 164 Å². The van der Waals surface area contributed by atoms with Gasteiger partial charge in [-0.25, -0.2) is 0 Å². The van der Waals surface area contributed by atoms with E-state index in [0.29, 0.717) is 38.0 Å². The molecule has 1 heterocycles. The molecule has 0 N–H and O–H groups in total. The summed E-state index contributed by atoms with van der Waals surface area (Å²) in [4.78, 5) is 0. The van der Waals surface area contributed by atoms with Gasteiger partial charge in [-0.3, -0.25) is 0 Å². The fourth-order valence-electron chi connectivity index (χ4n) is 2.94. The fraction of sp³-hybridized carbons (Fsp3) is 1.00. The maximum absolute atomic E-state index is 6.65. The minimum Gasteiger partial charge on any atom is -0.394 e. The molecule has 1 rings (SSSR count). The van der Waals surface area contributed by atoms with Crippen LogP contribution in [0.1, 0.15) is 48.5 Å². The van der Waals surface area contributed by atoms with E-state index in [1.165, 1.54) is 0 Å². The third-order valence-corrected chi connectivity index (χ3v) is 21.4. The van der Waals surface area contributed by atoms with Crippen molar-refractivity contribution in [2.24, 2.45) is 0 Å². The van der Waals surface area contributed by atoms with Gasteiger partial charge in [-0.05, 0) is 33.4 Å². The molecule has 156 valence electrons. The lowest BCUT2D eigenvalue weighted by Crippen LogP contribution is -2.71. The largest absolute Gasteiger partial charge is 0.485 e. The molecule has 1 fully saturated rings. The molecule has 1 saturated heterocycles. The van der Waals surface area contributed by atoms with Crippen molar-refractivity contribution < 1.29 is 29.7 Å². The molecule has 0 aromatic heterocycles. The maximum Gasteiger partial charge on any atom is 0.485 e. The van der Waals surface area contributed by atoms with Crippen LogP contribution in [0.25, 0.3) is 0 Å². The Balaban J connectivity index is 3.46. The third kappa shape index (κ3) is 5.79. The van der Waals surface area contributed by atoms with Crippen molar-refractivity contribution >= 4 is 35.0 Å². The van der Waals surface area contributed by atoms with Gasteiger partial charge in [-0.1, -0.05) is 27.7 Å². The summed E-state index contributed by atoms with van der Waals surface area (Å²) in [5.41, 5.74) is 0. The highest BCUT2D eigenvalue weighted by molar-refractivity contribution is 6.90. The second-order valence-corrected chi connectivity index (χ2v) is 19.6. The average Bonchev–Trinajstić information content (AvgIpc) is 2.61. The van der Waals surface area contributed by atoms with Crippen molar-refractivity contribution in [3.63, 3.8) is 0 Å². The Kier molecular flexibility index (Phi) is 9.84. The molecule has 0 aromatic carbocycles. The van der Waals surface area contributed by atoms with E-state index >= 15 is 0 Å². The van der Waals surface area contributed by atoms with Gasteiger partial charge in [0, 0.05) is 38.0 Å². The zero-order valence-electron chi connectivity index (χ0n) is 17.8. The van der Waals surface area contributed by atoms with Crippen LogP contribution in [0, 0.1) is 0 Å². The molecule has 0 aliphatic carbocycles. The van der Waals surface area contributed by atoms with E-state index in [2.05, 4.69) is 13.5 Å². The number of hydrogen-bond acceptors (Lipinski definition) is 7. The van der Waals surface area contributed by atoms with E-state index in [9.17, 15) is 0 Å². The summed E-state index contributed by atoms with van der Waals surface area (Å²) in [7, 11) is -11.6. The molecule has 0 saturated carbocycles. The predicted molar refractivity (Wildman–Crippen MR) is 110 cm³/mol. The first-order valence-corrected chi connectivity index (χ1v) is 18.3. The molecule has 0 bridgehead atoms. The van der Waals surface area contributed by atoms with Crippen LogP contribution in [0.15, 0.2) is 0 Å². The van der Waals surface area contributed by atoms with Gasteiger partial charge in [0.25, 0.3) is 0 Å². The molecule has 0 aromatic rings. The zero-order valence-corrected chi connectivity index (χ0v) is 21.8. The minimum atomic E-state index is -3.06. The van der Waals surface area contributed by atoms with Gasteiger partial charge in [-0.2, -0.15) is 0 Å².